The number of aromatic nitrogens is 3. The summed E-state index contributed by atoms with van der Waals surface area (Å²) in [6.45, 7) is 7.30. The number of carbonyl (C=O) groups excluding carboxylic acids is 1. The summed E-state index contributed by atoms with van der Waals surface area (Å²) in [4.78, 5) is 27.6. The average molecular weight is 412 g/mol. The fourth-order valence-electron chi connectivity index (χ4n) is 3.71. The number of thiophene rings is 1. The molecule has 3 aromatic heterocycles. The highest BCUT2D eigenvalue weighted by molar-refractivity contribution is 7.20. The maximum Gasteiger partial charge on any atom is 0.261 e. The second kappa shape index (κ2) is 8.04. The van der Waals surface area contributed by atoms with Gasteiger partial charge in [0.25, 0.3) is 5.91 Å². The second-order valence-electron chi connectivity index (χ2n) is 7.90. The zero-order valence-electron chi connectivity index (χ0n) is 16.9. The van der Waals surface area contributed by atoms with Gasteiger partial charge in [-0.25, -0.2) is 9.97 Å². The zero-order chi connectivity index (χ0) is 20.4. The molecule has 7 nitrogen and oxygen atoms in total. The first kappa shape index (κ1) is 19.7. The lowest BCUT2D eigenvalue weighted by Gasteiger charge is -2.35. The highest BCUT2D eigenvalue weighted by Crippen LogP contribution is 2.34. The molecule has 1 amide bonds. The molecule has 0 radical (unpaired) electrons. The van der Waals surface area contributed by atoms with Crippen molar-refractivity contribution in [2.75, 3.05) is 11.9 Å². The van der Waals surface area contributed by atoms with Crippen LogP contribution in [-0.2, 0) is 11.3 Å². The Morgan fingerprint density at radius 3 is 2.93 bits per heavy atom. The number of fused-ring (bicyclic) bond motifs is 1. The fourth-order valence-corrected chi connectivity index (χ4v) is 4.76. The molecule has 0 aromatic carbocycles. The molecule has 1 fully saturated rings. The number of nitrogens with one attached hydrogen (secondary N) is 2. The molecule has 1 atom stereocenters. The Kier molecular flexibility index (Phi) is 5.47. The van der Waals surface area contributed by atoms with Gasteiger partial charge in [0.05, 0.1) is 28.1 Å². The minimum Gasteiger partial charge on any atom is -0.375 e. The summed E-state index contributed by atoms with van der Waals surface area (Å²) in [5.74, 6) is 0.671. The molecule has 0 spiro atoms. The number of hydrogen-bond acceptors (Lipinski definition) is 7. The van der Waals surface area contributed by atoms with E-state index >= 15 is 0 Å². The Hall–Kier alpha value is -2.58. The number of hydrogen-bond donors (Lipinski definition) is 2. The summed E-state index contributed by atoms with van der Waals surface area (Å²) in [7, 11) is 0. The van der Waals surface area contributed by atoms with E-state index in [9.17, 15) is 4.79 Å². The molecule has 0 saturated carbocycles. The van der Waals surface area contributed by atoms with Crippen LogP contribution in [0.4, 0.5) is 5.82 Å². The van der Waals surface area contributed by atoms with E-state index in [1.54, 1.807) is 6.20 Å². The Morgan fingerprint density at radius 1 is 1.31 bits per heavy atom. The lowest BCUT2D eigenvalue weighted by Crippen LogP contribution is -2.45. The molecule has 1 aliphatic heterocycles. The standard InChI is InChI=1S/C21H25N5O2S/c1-13-16-18(23-11-15-6-4-5-8-22-15)24-12-25-20(16)29-17(13)19(27)26-14-7-9-28-21(2,3)10-14/h4-6,8,12,14H,7,9-11H2,1-3H3,(H,26,27)(H,23,24,25). The van der Waals surface area contributed by atoms with E-state index < -0.39 is 0 Å². The van der Waals surface area contributed by atoms with Gasteiger partial charge in [0, 0.05) is 18.8 Å². The summed E-state index contributed by atoms with van der Waals surface area (Å²) in [5.41, 5.74) is 1.62. The molecule has 1 unspecified atom stereocenters. The van der Waals surface area contributed by atoms with Crippen molar-refractivity contribution in [1.82, 2.24) is 20.3 Å². The Morgan fingerprint density at radius 2 is 2.17 bits per heavy atom. The first-order valence-corrected chi connectivity index (χ1v) is 10.6. The third kappa shape index (κ3) is 4.38. The van der Waals surface area contributed by atoms with E-state index in [4.69, 9.17) is 4.74 Å². The first-order chi connectivity index (χ1) is 13.9. The van der Waals surface area contributed by atoms with Gasteiger partial charge in [0.1, 0.15) is 17.0 Å². The highest BCUT2D eigenvalue weighted by Gasteiger charge is 2.30. The number of aryl methyl sites for hydroxylation is 1. The lowest BCUT2D eigenvalue weighted by atomic mass is 9.94. The monoisotopic (exact) mass is 411 g/mol. The van der Waals surface area contributed by atoms with E-state index in [-0.39, 0.29) is 17.6 Å². The second-order valence-corrected chi connectivity index (χ2v) is 8.90. The lowest BCUT2D eigenvalue weighted by molar-refractivity contribution is -0.0615. The van der Waals surface area contributed by atoms with Gasteiger partial charge in [0.2, 0.25) is 0 Å². The molecule has 1 saturated heterocycles. The molecule has 4 heterocycles. The Balaban J connectivity index is 1.55. The van der Waals surface area contributed by atoms with Crippen LogP contribution in [0.1, 0.15) is 47.6 Å². The predicted octanol–water partition coefficient (Wildman–Crippen LogP) is 3.69. The van der Waals surface area contributed by atoms with E-state index in [1.807, 2.05) is 25.1 Å². The van der Waals surface area contributed by atoms with Crippen molar-refractivity contribution in [1.29, 1.82) is 0 Å². The average Bonchev–Trinajstić information content (AvgIpc) is 3.04. The molecule has 8 heteroatoms. The van der Waals surface area contributed by atoms with Gasteiger partial charge >= 0.3 is 0 Å². The molecule has 2 N–H and O–H groups in total. The van der Waals surface area contributed by atoms with Gasteiger partial charge in [-0.2, -0.15) is 0 Å². The van der Waals surface area contributed by atoms with E-state index in [0.717, 1.165) is 40.1 Å². The summed E-state index contributed by atoms with van der Waals surface area (Å²) in [6.07, 6.45) is 4.93. The third-order valence-corrected chi connectivity index (χ3v) is 6.33. The van der Waals surface area contributed by atoms with Crippen molar-refractivity contribution in [2.24, 2.45) is 0 Å². The van der Waals surface area contributed by atoms with Crippen LogP contribution in [0.2, 0.25) is 0 Å². The summed E-state index contributed by atoms with van der Waals surface area (Å²) < 4.78 is 5.75. The molecule has 152 valence electrons. The van der Waals surface area contributed by atoms with Crippen molar-refractivity contribution >= 4 is 33.3 Å². The number of carbonyl (C=O) groups is 1. The van der Waals surface area contributed by atoms with Gasteiger partial charge in [-0.15, -0.1) is 11.3 Å². The van der Waals surface area contributed by atoms with Crippen molar-refractivity contribution in [3.05, 3.63) is 46.9 Å². The summed E-state index contributed by atoms with van der Waals surface area (Å²) in [6, 6.07) is 5.92. The molecule has 0 bridgehead atoms. The fraction of sp³-hybridized carbons (Fsp3) is 0.429. The van der Waals surface area contributed by atoms with Gasteiger partial charge in [-0.3, -0.25) is 9.78 Å². The topological polar surface area (TPSA) is 89.0 Å². The van der Waals surface area contributed by atoms with Crippen LogP contribution in [-0.4, -0.2) is 39.1 Å². The molecular formula is C21H25N5O2S. The third-order valence-electron chi connectivity index (χ3n) is 5.13. The Bertz CT molecular complexity index is 1020. The predicted molar refractivity (Wildman–Crippen MR) is 114 cm³/mol. The van der Waals surface area contributed by atoms with Crippen LogP contribution in [0.15, 0.2) is 30.7 Å². The minimum absolute atomic E-state index is 0.0520. The largest absolute Gasteiger partial charge is 0.375 e. The number of ether oxygens (including phenoxy) is 1. The smallest absolute Gasteiger partial charge is 0.261 e. The van der Waals surface area contributed by atoms with Crippen LogP contribution >= 0.6 is 11.3 Å². The van der Waals surface area contributed by atoms with Gasteiger partial charge in [-0.1, -0.05) is 6.07 Å². The molecule has 4 rings (SSSR count). The highest BCUT2D eigenvalue weighted by atomic mass is 32.1. The van der Waals surface area contributed by atoms with E-state index in [0.29, 0.717) is 18.0 Å². The van der Waals surface area contributed by atoms with Crippen LogP contribution < -0.4 is 10.6 Å². The number of nitrogens with zero attached hydrogens (tertiary/aromatic N) is 3. The van der Waals surface area contributed by atoms with Crippen molar-refractivity contribution < 1.29 is 9.53 Å². The Labute approximate surface area is 173 Å². The minimum atomic E-state index is -0.209. The maximum absolute atomic E-state index is 13.0. The summed E-state index contributed by atoms with van der Waals surface area (Å²) >= 11 is 1.41. The molecule has 1 aliphatic rings. The molecule has 29 heavy (non-hydrogen) atoms. The number of amides is 1. The van der Waals surface area contributed by atoms with Crippen LogP contribution in [0, 0.1) is 6.92 Å². The van der Waals surface area contributed by atoms with Gasteiger partial charge < -0.3 is 15.4 Å². The van der Waals surface area contributed by atoms with E-state index in [1.165, 1.54) is 17.7 Å². The van der Waals surface area contributed by atoms with Crippen molar-refractivity contribution in [2.45, 2.75) is 51.8 Å². The van der Waals surface area contributed by atoms with Crippen LogP contribution in [0.3, 0.4) is 0 Å². The molecule has 0 aliphatic carbocycles. The number of rotatable bonds is 5. The van der Waals surface area contributed by atoms with Crippen LogP contribution in [0.25, 0.3) is 10.2 Å². The van der Waals surface area contributed by atoms with E-state index in [2.05, 4.69) is 39.4 Å². The SMILES string of the molecule is Cc1c(C(=O)NC2CCOC(C)(C)C2)sc2ncnc(NCc3ccccn3)c12. The quantitative estimate of drug-likeness (QED) is 0.666. The van der Waals surface area contributed by atoms with Crippen molar-refractivity contribution in [3.63, 3.8) is 0 Å². The maximum atomic E-state index is 13.0. The van der Waals surface area contributed by atoms with Crippen molar-refractivity contribution in [3.8, 4) is 0 Å². The first-order valence-electron chi connectivity index (χ1n) is 9.76. The number of anilines is 1. The number of pyridine rings is 1. The van der Waals surface area contributed by atoms with Gasteiger partial charge in [0.15, 0.2) is 0 Å². The molecule has 3 aromatic rings. The summed E-state index contributed by atoms with van der Waals surface area (Å²) in [5, 5.41) is 7.41. The zero-order valence-corrected chi connectivity index (χ0v) is 17.7. The normalized spacial score (nSPS) is 18.5. The molecular weight excluding hydrogens is 386 g/mol. The van der Waals surface area contributed by atoms with Gasteiger partial charge in [-0.05, 0) is 51.3 Å². The van der Waals surface area contributed by atoms with Crippen LogP contribution in [0.5, 0.6) is 0 Å².